The quantitative estimate of drug-likeness (QED) is 0.866. The standard InChI is InChI=1S/C13H16F3NO2/c1-2-3-12(18)17-8-10-4-6-11(7-5-10)19-9-13(14,15)16/h4-7H,2-3,8-9H2,1H3,(H,17,18). The first kappa shape index (κ1) is 15.3. The highest BCUT2D eigenvalue weighted by atomic mass is 19.4. The average molecular weight is 275 g/mol. The first-order valence-electron chi connectivity index (χ1n) is 5.96. The second-order valence-corrected chi connectivity index (χ2v) is 4.07. The summed E-state index contributed by atoms with van der Waals surface area (Å²) < 4.78 is 40.4. The Morgan fingerprint density at radius 1 is 1.26 bits per heavy atom. The van der Waals surface area contributed by atoms with Crippen LogP contribution in [0.5, 0.6) is 5.75 Å². The molecule has 3 nitrogen and oxygen atoms in total. The molecule has 0 aliphatic heterocycles. The predicted molar refractivity (Wildman–Crippen MR) is 64.7 cm³/mol. The molecule has 1 amide bonds. The molecule has 0 aliphatic rings. The summed E-state index contributed by atoms with van der Waals surface area (Å²) >= 11 is 0. The third kappa shape index (κ3) is 6.69. The molecule has 106 valence electrons. The maximum atomic E-state index is 11.9. The lowest BCUT2D eigenvalue weighted by atomic mass is 10.2. The minimum Gasteiger partial charge on any atom is -0.484 e. The van der Waals surface area contributed by atoms with Crippen molar-refractivity contribution in [3.8, 4) is 5.75 Å². The van der Waals surface area contributed by atoms with Crippen molar-refractivity contribution in [2.45, 2.75) is 32.5 Å². The van der Waals surface area contributed by atoms with Crippen LogP contribution in [0.2, 0.25) is 0 Å². The number of hydrogen-bond acceptors (Lipinski definition) is 2. The molecule has 6 heteroatoms. The van der Waals surface area contributed by atoms with E-state index in [4.69, 9.17) is 0 Å². The van der Waals surface area contributed by atoms with Gasteiger partial charge in [0.1, 0.15) is 5.75 Å². The second-order valence-electron chi connectivity index (χ2n) is 4.07. The molecule has 0 aliphatic carbocycles. The SMILES string of the molecule is CCCC(=O)NCc1ccc(OCC(F)(F)F)cc1. The van der Waals surface area contributed by atoms with Crippen LogP contribution in [0.25, 0.3) is 0 Å². The highest BCUT2D eigenvalue weighted by Gasteiger charge is 2.28. The molecule has 0 heterocycles. The molecule has 0 spiro atoms. The number of hydrogen-bond donors (Lipinski definition) is 1. The van der Waals surface area contributed by atoms with E-state index in [-0.39, 0.29) is 11.7 Å². The fourth-order valence-corrected chi connectivity index (χ4v) is 1.38. The van der Waals surface area contributed by atoms with E-state index < -0.39 is 12.8 Å². The normalized spacial score (nSPS) is 11.2. The van der Waals surface area contributed by atoms with Crippen molar-refractivity contribution in [2.75, 3.05) is 6.61 Å². The minimum absolute atomic E-state index is 0.0418. The van der Waals surface area contributed by atoms with E-state index in [1.54, 1.807) is 12.1 Å². The van der Waals surface area contributed by atoms with Gasteiger partial charge in [-0.05, 0) is 24.1 Å². The predicted octanol–water partition coefficient (Wildman–Crippen LogP) is 3.04. The highest BCUT2D eigenvalue weighted by molar-refractivity contribution is 5.75. The summed E-state index contributed by atoms with van der Waals surface area (Å²) in [7, 11) is 0. The van der Waals surface area contributed by atoms with E-state index in [1.165, 1.54) is 12.1 Å². The van der Waals surface area contributed by atoms with Crippen LogP contribution in [0.1, 0.15) is 25.3 Å². The van der Waals surface area contributed by atoms with Crippen LogP contribution in [0.4, 0.5) is 13.2 Å². The Morgan fingerprint density at radius 3 is 2.42 bits per heavy atom. The number of alkyl halides is 3. The third-order valence-electron chi connectivity index (χ3n) is 2.29. The Labute approximate surface area is 109 Å². The summed E-state index contributed by atoms with van der Waals surface area (Å²) in [6.07, 6.45) is -3.10. The van der Waals surface area contributed by atoms with Crippen molar-refractivity contribution in [1.82, 2.24) is 5.32 Å². The Bertz CT molecular complexity index is 401. The molecule has 1 rings (SSSR count). The number of rotatable bonds is 6. The maximum Gasteiger partial charge on any atom is 0.422 e. The van der Waals surface area contributed by atoms with Crippen LogP contribution in [-0.4, -0.2) is 18.7 Å². The number of carbonyl (C=O) groups is 1. The van der Waals surface area contributed by atoms with Gasteiger partial charge in [-0.2, -0.15) is 13.2 Å². The maximum absolute atomic E-state index is 11.9. The van der Waals surface area contributed by atoms with Crippen LogP contribution in [-0.2, 0) is 11.3 Å². The van der Waals surface area contributed by atoms with Crippen molar-refractivity contribution >= 4 is 5.91 Å². The summed E-state index contributed by atoms with van der Waals surface area (Å²) in [4.78, 5) is 11.2. The number of halogens is 3. The second kappa shape index (κ2) is 7.01. The van der Waals surface area contributed by atoms with Gasteiger partial charge in [0.2, 0.25) is 5.91 Å². The van der Waals surface area contributed by atoms with Gasteiger partial charge in [0.25, 0.3) is 0 Å². The zero-order valence-corrected chi connectivity index (χ0v) is 10.6. The van der Waals surface area contributed by atoms with Crippen LogP contribution in [0.15, 0.2) is 24.3 Å². The molecule has 0 radical (unpaired) electrons. The first-order valence-corrected chi connectivity index (χ1v) is 5.96. The van der Waals surface area contributed by atoms with E-state index in [9.17, 15) is 18.0 Å². The summed E-state index contributed by atoms with van der Waals surface area (Å²) in [5, 5.41) is 2.72. The number of carbonyl (C=O) groups excluding carboxylic acids is 1. The van der Waals surface area contributed by atoms with Gasteiger partial charge < -0.3 is 10.1 Å². The Kier molecular flexibility index (Phi) is 5.66. The molecule has 0 saturated heterocycles. The fraction of sp³-hybridized carbons (Fsp3) is 0.462. The van der Waals surface area contributed by atoms with Crippen LogP contribution >= 0.6 is 0 Å². The fourth-order valence-electron chi connectivity index (χ4n) is 1.38. The lowest BCUT2D eigenvalue weighted by Crippen LogP contribution is -2.22. The summed E-state index contributed by atoms with van der Waals surface area (Å²) in [5.74, 6) is 0.112. The first-order chi connectivity index (χ1) is 8.90. The number of amides is 1. The van der Waals surface area contributed by atoms with Gasteiger partial charge in [-0.15, -0.1) is 0 Å². The topological polar surface area (TPSA) is 38.3 Å². The largest absolute Gasteiger partial charge is 0.484 e. The van der Waals surface area contributed by atoms with Gasteiger partial charge >= 0.3 is 6.18 Å². The van der Waals surface area contributed by atoms with Gasteiger partial charge in [-0.25, -0.2) is 0 Å². The van der Waals surface area contributed by atoms with Crippen molar-refractivity contribution in [3.63, 3.8) is 0 Å². The Morgan fingerprint density at radius 2 is 1.89 bits per heavy atom. The molecule has 1 aromatic rings. The molecule has 0 fully saturated rings. The van der Waals surface area contributed by atoms with Crippen molar-refractivity contribution in [1.29, 1.82) is 0 Å². The molecule has 19 heavy (non-hydrogen) atoms. The summed E-state index contributed by atoms with van der Waals surface area (Å²) in [6, 6.07) is 6.15. The zero-order chi connectivity index (χ0) is 14.3. The lowest BCUT2D eigenvalue weighted by molar-refractivity contribution is -0.153. The summed E-state index contributed by atoms with van der Waals surface area (Å²) in [5.41, 5.74) is 0.809. The van der Waals surface area contributed by atoms with E-state index >= 15 is 0 Å². The molecule has 0 saturated carbocycles. The average Bonchev–Trinajstić information content (AvgIpc) is 2.34. The highest BCUT2D eigenvalue weighted by Crippen LogP contribution is 2.18. The van der Waals surface area contributed by atoms with Crippen LogP contribution in [0, 0.1) is 0 Å². The summed E-state index contributed by atoms with van der Waals surface area (Å²) in [6.45, 7) is 0.963. The van der Waals surface area contributed by atoms with Crippen molar-refractivity contribution in [2.24, 2.45) is 0 Å². The van der Waals surface area contributed by atoms with Gasteiger partial charge in [0.15, 0.2) is 6.61 Å². The van der Waals surface area contributed by atoms with Crippen molar-refractivity contribution < 1.29 is 22.7 Å². The van der Waals surface area contributed by atoms with Crippen LogP contribution in [0.3, 0.4) is 0 Å². The monoisotopic (exact) mass is 275 g/mol. The van der Waals surface area contributed by atoms with E-state index in [1.807, 2.05) is 6.92 Å². The van der Waals surface area contributed by atoms with Crippen LogP contribution < -0.4 is 10.1 Å². The lowest BCUT2D eigenvalue weighted by Gasteiger charge is -2.10. The minimum atomic E-state index is -4.34. The molecule has 0 atom stereocenters. The van der Waals surface area contributed by atoms with Gasteiger partial charge in [-0.1, -0.05) is 19.1 Å². The smallest absolute Gasteiger partial charge is 0.422 e. The van der Waals surface area contributed by atoms with E-state index in [0.29, 0.717) is 13.0 Å². The number of nitrogens with one attached hydrogen (secondary N) is 1. The van der Waals surface area contributed by atoms with Crippen molar-refractivity contribution in [3.05, 3.63) is 29.8 Å². The molecular formula is C13H16F3NO2. The third-order valence-corrected chi connectivity index (χ3v) is 2.29. The van der Waals surface area contributed by atoms with Gasteiger partial charge in [0.05, 0.1) is 0 Å². The number of ether oxygens (including phenoxy) is 1. The molecule has 0 aromatic heterocycles. The Balaban J connectivity index is 2.41. The van der Waals surface area contributed by atoms with E-state index in [2.05, 4.69) is 10.1 Å². The number of benzene rings is 1. The Hall–Kier alpha value is -1.72. The molecular weight excluding hydrogens is 259 g/mol. The molecule has 0 bridgehead atoms. The van der Waals surface area contributed by atoms with Gasteiger partial charge in [-0.3, -0.25) is 4.79 Å². The van der Waals surface area contributed by atoms with E-state index in [0.717, 1.165) is 12.0 Å². The molecule has 0 unspecified atom stereocenters. The molecule has 1 N–H and O–H groups in total. The zero-order valence-electron chi connectivity index (χ0n) is 10.6. The molecule has 1 aromatic carbocycles. The van der Waals surface area contributed by atoms with Gasteiger partial charge in [0, 0.05) is 13.0 Å².